The van der Waals surface area contributed by atoms with Crippen LogP contribution in [0.2, 0.25) is 0 Å². The Kier molecular flexibility index (Phi) is 6.65. The summed E-state index contributed by atoms with van der Waals surface area (Å²) in [5.74, 6) is -1.48. The molecule has 0 aliphatic carbocycles. The first-order valence-electron chi connectivity index (χ1n) is 11.4. The van der Waals surface area contributed by atoms with Crippen LogP contribution < -0.4 is 4.90 Å². The smallest absolute Gasteiger partial charge is 0.337 e. The molecule has 3 aromatic rings. The number of carbonyl (C=O) groups is 3. The zero-order chi connectivity index (χ0) is 26.3. The lowest BCUT2D eigenvalue weighted by atomic mass is 10.1. The van der Waals surface area contributed by atoms with Crippen molar-refractivity contribution < 1.29 is 19.1 Å². The SMILES string of the molecule is COC(=O)c1ccc(N2C(=O)/C(=C/c3cc(C)n(-c4ccc(C)c(C)c4)c3C)C(=O)N(C)C2=S)cc1. The summed E-state index contributed by atoms with van der Waals surface area (Å²) in [5, 5.41) is 0.0635. The first-order valence-corrected chi connectivity index (χ1v) is 11.8. The molecule has 7 nitrogen and oxygen atoms in total. The van der Waals surface area contributed by atoms with E-state index < -0.39 is 17.8 Å². The number of likely N-dealkylation sites (N-methyl/N-ethyl adjacent to an activating group) is 1. The molecular formula is C28H27N3O4S. The van der Waals surface area contributed by atoms with Gasteiger partial charge in [0.2, 0.25) is 0 Å². The van der Waals surface area contributed by atoms with Crippen LogP contribution >= 0.6 is 12.2 Å². The second-order valence-corrected chi connectivity index (χ2v) is 9.18. The fourth-order valence-electron chi connectivity index (χ4n) is 4.28. The van der Waals surface area contributed by atoms with Gasteiger partial charge in [-0.2, -0.15) is 0 Å². The summed E-state index contributed by atoms with van der Waals surface area (Å²) in [5.41, 5.74) is 6.87. The number of nitrogens with zero attached hydrogens (tertiary/aromatic N) is 3. The lowest BCUT2D eigenvalue weighted by Crippen LogP contribution is -2.54. The number of thiocarbonyl (C=S) groups is 1. The Bertz CT molecular complexity index is 1450. The second-order valence-electron chi connectivity index (χ2n) is 8.81. The van der Waals surface area contributed by atoms with Crippen LogP contribution in [0.3, 0.4) is 0 Å². The normalized spacial score (nSPS) is 15.2. The molecule has 1 aromatic heterocycles. The first-order chi connectivity index (χ1) is 17.0. The molecule has 2 aromatic carbocycles. The quantitative estimate of drug-likeness (QED) is 0.225. The van der Waals surface area contributed by atoms with Crippen molar-refractivity contribution in [3.05, 3.63) is 87.7 Å². The highest BCUT2D eigenvalue weighted by Crippen LogP contribution is 2.29. The monoisotopic (exact) mass is 501 g/mol. The van der Waals surface area contributed by atoms with Crippen molar-refractivity contribution in [1.82, 2.24) is 9.47 Å². The van der Waals surface area contributed by atoms with E-state index in [-0.39, 0.29) is 10.7 Å². The summed E-state index contributed by atoms with van der Waals surface area (Å²) in [7, 11) is 2.84. The number of hydrogen-bond donors (Lipinski definition) is 0. The first kappa shape index (κ1) is 25.1. The Balaban J connectivity index is 1.76. The Morgan fingerprint density at radius 3 is 2.14 bits per heavy atom. The third kappa shape index (κ3) is 4.24. The van der Waals surface area contributed by atoms with Crippen molar-refractivity contribution in [3.8, 4) is 5.69 Å². The number of hydrogen-bond acceptors (Lipinski definition) is 5. The van der Waals surface area contributed by atoms with Crippen molar-refractivity contribution in [1.29, 1.82) is 0 Å². The van der Waals surface area contributed by atoms with Crippen molar-refractivity contribution in [2.45, 2.75) is 27.7 Å². The minimum atomic E-state index is -0.523. The zero-order valence-corrected chi connectivity index (χ0v) is 21.9. The molecule has 0 bridgehead atoms. The number of carbonyl (C=O) groups excluding carboxylic acids is 3. The summed E-state index contributed by atoms with van der Waals surface area (Å²) in [6, 6.07) is 14.5. The lowest BCUT2D eigenvalue weighted by molar-refractivity contribution is -0.127. The van der Waals surface area contributed by atoms with E-state index in [1.807, 2.05) is 19.9 Å². The highest BCUT2D eigenvalue weighted by atomic mass is 32.1. The standard InChI is InChI=1S/C28H27N3O4S/c1-16-7-10-23(13-17(16)2)30-18(3)14-21(19(30)4)15-24-25(32)29(5)28(36)31(26(24)33)22-11-8-20(9-12-22)27(34)35-6/h7-15H,1-6H3/b24-15+. The average Bonchev–Trinajstić information content (AvgIpc) is 3.14. The van der Waals surface area contributed by atoms with Gasteiger partial charge in [0.1, 0.15) is 5.57 Å². The van der Waals surface area contributed by atoms with E-state index in [1.54, 1.807) is 37.4 Å². The maximum atomic E-state index is 13.6. The Morgan fingerprint density at radius 2 is 1.53 bits per heavy atom. The molecule has 1 aliphatic rings. The molecule has 36 heavy (non-hydrogen) atoms. The van der Waals surface area contributed by atoms with E-state index in [1.165, 1.54) is 28.0 Å². The van der Waals surface area contributed by atoms with Crippen LogP contribution in [0, 0.1) is 27.7 Å². The Hall–Kier alpha value is -4.04. The van der Waals surface area contributed by atoms with Crippen LogP contribution in [0.25, 0.3) is 11.8 Å². The van der Waals surface area contributed by atoms with Gasteiger partial charge in [0, 0.05) is 24.1 Å². The maximum Gasteiger partial charge on any atom is 0.337 e. The predicted octanol–water partition coefficient (Wildman–Crippen LogP) is 4.67. The van der Waals surface area contributed by atoms with Gasteiger partial charge in [0.25, 0.3) is 11.8 Å². The Labute approximate surface area is 215 Å². The average molecular weight is 502 g/mol. The van der Waals surface area contributed by atoms with Crippen LogP contribution in [-0.2, 0) is 14.3 Å². The number of amides is 2. The van der Waals surface area contributed by atoms with E-state index in [4.69, 9.17) is 17.0 Å². The predicted molar refractivity (Wildman–Crippen MR) is 143 cm³/mol. The molecular weight excluding hydrogens is 474 g/mol. The molecule has 8 heteroatoms. The van der Waals surface area contributed by atoms with Crippen LogP contribution in [0.15, 0.2) is 54.1 Å². The zero-order valence-electron chi connectivity index (χ0n) is 21.1. The minimum Gasteiger partial charge on any atom is -0.465 e. The fraction of sp³-hybridized carbons (Fsp3) is 0.214. The number of ether oxygens (including phenoxy) is 1. The summed E-state index contributed by atoms with van der Waals surface area (Å²) >= 11 is 5.44. The molecule has 4 rings (SSSR count). The largest absolute Gasteiger partial charge is 0.465 e. The van der Waals surface area contributed by atoms with E-state index in [2.05, 4.69) is 36.6 Å². The summed E-state index contributed by atoms with van der Waals surface area (Å²) < 4.78 is 6.84. The van der Waals surface area contributed by atoms with Crippen LogP contribution in [-0.4, -0.2) is 46.5 Å². The number of rotatable bonds is 4. The number of anilines is 1. The number of aromatic nitrogens is 1. The second kappa shape index (κ2) is 9.54. The Morgan fingerprint density at radius 1 is 0.889 bits per heavy atom. The molecule has 184 valence electrons. The van der Waals surface area contributed by atoms with Gasteiger partial charge in [-0.15, -0.1) is 0 Å². The highest BCUT2D eigenvalue weighted by Gasteiger charge is 2.38. The molecule has 0 spiro atoms. The topological polar surface area (TPSA) is 71.8 Å². The van der Waals surface area contributed by atoms with Gasteiger partial charge in [-0.25, -0.2) is 4.79 Å². The van der Waals surface area contributed by atoms with Crippen LogP contribution in [0.4, 0.5) is 5.69 Å². The third-order valence-corrected chi connectivity index (χ3v) is 6.97. The van der Waals surface area contributed by atoms with Crippen LogP contribution in [0.5, 0.6) is 0 Å². The van der Waals surface area contributed by atoms with Crippen molar-refractivity contribution in [2.24, 2.45) is 0 Å². The fourth-order valence-corrected chi connectivity index (χ4v) is 4.55. The summed E-state index contributed by atoms with van der Waals surface area (Å²) in [4.78, 5) is 41.0. The molecule has 1 aliphatic heterocycles. The summed E-state index contributed by atoms with van der Waals surface area (Å²) in [6.07, 6.45) is 1.62. The van der Waals surface area contributed by atoms with Crippen LogP contribution in [0.1, 0.15) is 38.4 Å². The molecule has 1 fully saturated rings. The van der Waals surface area contributed by atoms with Gasteiger partial charge >= 0.3 is 5.97 Å². The van der Waals surface area contributed by atoms with Gasteiger partial charge in [-0.1, -0.05) is 6.07 Å². The van der Waals surface area contributed by atoms with Crippen molar-refractivity contribution >= 4 is 46.9 Å². The molecule has 0 unspecified atom stereocenters. The molecule has 0 radical (unpaired) electrons. The van der Waals surface area contributed by atoms with Gasteiger partial charge in [-0.3, -0.25) is 19.4 Å². The van der Waals surface area contributed by atoms with Gasteiger partial charge in [-0.05, 0) is 105 Å². The number of benzene rings is 2. The molecule has 0 saturated carbocycles. The van der Waals surface area contributed by atoms with E-state index in [0.717, 1.165) is 22.6 Å². The lowest BCUT2D eigenvalue weighted by Gasteiger charge is -2.34. The van der Waals surface area contributed by atoms with Gasteiger partial charge < -0.3 is 9.30 Å². The van der Waals surface area contributed by atoms with E-state index in [0.29, 0.717) is 11.3 Å². The molecule has 0 N–H and O–H groups in total. The van der Waals surface area contributed by atoms with Crippen molar-refractivity contribution in [2.75, 3.05) is 19.1 Å². The van der Waals surface area contributed by atoms with Gasteiger partial charge in [0.15, 0.2) is 5.11 Å². The number of methoxy groups -OCH3 is 1. The van der Waals surface area contributed by atoms with E-state index >= 15 is 0 Å². The highest BCUT2D eigenvalue weighted by molar-refractivity contribution is 7.80. The molecule has 2 amide bonds. The number of aryl methyl sites for hydroxylation is 3. The third-order valence-electron chi connectivity index (χ3n) is 6.51. The molecule has 0 atom stereocenters. The van der Waals surface area contributed by atoms with E-state index in [9.17, 15) is 14.4 Å². The molecule has 1 saturated heterocycles. The molecule has 2 heterocycles. The minimum absolute atomic E-state index is 0.00322. The number of esters is 1. The summed E-state index contributed by atoms with van der Waals surface area (Å²) in [6.45, 7) is 8.09. The maximum absolute atomic E-state index is 13.6. The van der Waals surface area contributed by atoms with Gasteiger partial charge in [0.05, 0.1) is 18.4 Å². The van der Waals surface area contributed by atoms with Crippen molar-refractivity contribution in [3.63, 3.8) is 0 Å².